The molecule has 3 nitrogen and oxygen atoms in total. The van der Waals surface area contributed by atoms with Gasteiger partial charge in [-0.15, -0.1) is 11.3 Å². The number of nitrogens with two attached hydrogens (primary N) is 1. The second-order valence-electron chi connectivity index (χ2n) is 4.66. The van der Waals surface area contributed by atoms with Crippen molar-refractivity contribution in [1.82, 2.24) is 4.37 Å². The Morgan fingerprint density at radius 1 is 1.50 bits per heavy atom. The molecule has 2 aromatic heterocycles. The van der Waals surface area contributed by atoms with Crippen LogP contribution in [0, 0.1) is 0 Å². The largest absolute Gasteiger partial charge is 0.383 e. The van der Waals surface area contributed by atoms with Gasteiger partial charge in [0.25, 0.3) is 0 Å². The fourth-order valence-corrected chi connectivity index (χ4v) is 3.91. The third-order valence-electron chi connectivity index (χ3n) is 3.37. The highest BCUT2D eigenvalue weighted by atomic mass is 32.1. The van der Waals surface area contributed by atoms with Crippen LogP contribution in [-0.4, -0.2) is 4.37 Å². The standard InChI is InChI=1S/C13H17N3S2/c1-2-8-5-6-17-10(8)7-15-13-11(9-3-4-9)12(14)16-18-13/h5-6,9,15H,2-4,7H2,1H3,(H2,14,16). The molecule has 1 saturated carbocycles. The van der Waals surface area contributed by atoms with Crippen molar-refractivity contribution >= 4 is 33.7 Å². The molecule has 0 unspecified atom stereocenters. The van der Waals surface area contributed by atoms with Crippen LogP contribution in [0.15, 0.2) is 11.4 Å². The van der Waals surface area contributed by atoms with Gasteiger partial charge in [-0.25, -0.2) is 0 Å². The van der Waals surface area contributed by atoms with E-state index >= 15 is 0 Å². The minimum atomic E-state index is 0.653. The van der Waals surface area contributed by atoms with Crippen LogP contribution in [0.25, 0.3) is 0 Å². The average molecular weight is 279 g/mol. The Balaban J connectivity index is 1.73. The molecular formula is C13H17N3S2. The van der Waals surface area contributed by atoms with Crippen molar-refractivity contribution in [3.63, 3.8) is 0 Å². The average Bonchev–Trinajstić information content (AvgIpc) is 2.99. The number of hydrogen-bond acceptors (Lipinski definition) is 5. The Labute approximate surface area is 115 Å². The first-order chi connectivity index (χ1) is 8.79. The zero-order valence-electron chi connectivity index (χ0n) is 10.4. The fraction of sp³-hybridized carbons (Fsp3) is 0.462. The van der Waals surface area contributed by atoms with E-state index in [1.165, 1.54) is 45.4 Å². The first-order valence-corrected chi connectivity index (χ1v) is 7.99. The maximum atomic E-state index is 5.95. The first-order valence-electron chi connectivity index (χ1n) is 6.33. The molecule has 96 valence electrons. The highest BCUT2D eigenvalue weighted by Gasteiger charge is 2.30. The predicted molar refractivity (Wildman–Crippen MR) is 79.5 cm³/mol. The Bertz CT molecular complexity index is 540. The molecule has 0 aromatic carbocycles. The SMILES string of the molecule is CCc1ccsc1CNc1snc(N)c1C1CC1. The van der Waals surface area contributed by atoms with Crippen molar-refractivity contribution < 1.29 is 0 Å². The topological polar surface area (TPSA) is 50.9 Å². The summed E-state index contributed by atoms with van der Waals surface area (Å²) in [5, 5.41) is 6.86. The van der Waals surface area contributed by atoms with Gasteiger partial charge in [-0.05, 0) is 53.7 Å². The number of nitrogen functional groups attached to an aromatic ring is 1. The number of rotatable bonds is 5. The van der Waals surface area contributed by atoms with Crippen LogP contribution < -0.4 is 11.1 Å². The van der Waals surface area contributed by atoms with Crippen molar-refractivity contribution in [1.29, 1.82) is 0 Å². The molecule has 5 heteroatoms. The van der Waals surface area contributed by atoms with Gasteiger partial charge in [0.2, 0.25) is 0 Å². The van der Waals surface area contributed by atoms with Gasteiger partial charge in [-0.2, -0.15) is 4.37 Å². The monoisotopic (exact) mass is 279 g/mol. The van der Waals surface area contributed by atoms with Crippen molar-refractivity contribution in [2.24, 2.45) is 0 Å². The van der Waals surface area contributed by atoms with Crippen molar-refractivity contribution in [2.45, 2.75) is 38.6 Å². The molecule has 2 heterocycles. The zero-order chi connectivity index (χ0) is 12.5. The molecule has 0 radical (unpaired) electrons. The maximum absolute atomic E-state index is 5.95. The Kier molecular flexibility index (Phi) is 3.26. The third-order valence-corrected chi connectivity index (χ3v) is 5.17. The van der Waals surface area contributed by atoms with E-state index in [9.17, 15) is 0 Å². The number of nitrogens with one attached hydrogen (secondary N) is 1. The van der Waals surface area contributed by atoms with E-state index in [4.69, 9.17) is 5.73 Å². The van der Waals surface area contributed by atoms with Gasteiger partial charge in [0.15, 0.2) is 0 Å². The van der Waals surface area contributed by atoms with E-state index in [1.54, 1.807) is 0 Å². The first kappa shape index (κ1) is 12.0. The molecule has 0 saturated heterocycles. The Morgan fingerprint density at radius 3 is 3.06 bits per heavy atom. The number of anilines is 2. The number of thiophene rings is 1. The van der Waals surface area contributed by atoms with Crippen LogP contribution >= 0.6 is 22.9 Å². The van der Waals surface area contributed by atoms with Gasteiger partial charge in [-0.1, -0.05) is 6.92 Å². The molecule has 18 heavy (non-hydrogen) atoms. The molecule has 1 aliphatic carbocycles. The predicted octanol–water partition coefficient (Wildman–Crippen LogP) is 3.84. The molecule has 0 bridgehead atoms. The summed E-state index contributed by atoms with van der Waals surface area (Å²) in [5.41, 5.74) is 8.65. The van der Waals surface area contributed by atoms with Gasteiger partial charge < -0.3 is 11.1 Å². The third kappa shape index (κ3) is 2.24. The number of aryl methyl sites for hydroxylation is 1. The minimum absolute atomic E-state index is 0.653. The second kappa shape index (κ2) is 4.90. The zero-order valence-corrected chi connectivity index (χ0v) is 12.0. The van der Waals surface area contributed by atoms with E-state index < -0.39 is 0 Å². The molecule has 2 aromatic rings. The minimum Gasteiger partial charge on any atom is -0.383 e. The summed E-state index contributed by atoms with van der Waals surface area (Å²) < 4.78 is 4.28. The highest BCUT2D eigenvalue weighted by molar-refractivity contribution is 7.11. The quantitative estimate of drug-likeness (QED) is 0.874. The van der Waals surface area contributed by atoms with Gasteiger partial charge in [0.1, 0.15) is 10.8 Å². The summed E-state index contributed by atoms with van der Waals surface area (Å²) in [6.45, 7) is 3.09. The van der Waals surface area contributed by atoms with Crippen LogP contribution in [0.5, 0.6) is 0 Å². The lowest BCUT2D eigenvalue weighted by Crippen LogP contribution is -2.01. The van der Waals surface area contributed by atoms with E-state index in [0.717, 1.165) is 18.8 Å². The molecule has 3 rings (SSSR count). The Morgan fingerprint density at radius 2 is 2.33 bits per heavy atom. The van der Waals surface area contributed by atoms with Crippen LogP contribution in [0.3, 0.4) is 0 Å². The number of nitrogens with zero attached hydrogens (tertiary/aromatic N) is 1. The lowest BCUT2D eigenvalue weighted by Gasteiger charge is -2.06. The van der Waals surface area contributed by atoms with Gasteiger partial charge in [0, 0.05) is 10.4 Å². The van der Waals surface area contributed by atoms with Crippen LogP contribution in [0.1, 0.15) is 41.7 Å². The molecule has 3 N–H and O–H groups in total. The van der Waals surface area contributed by atoms with E-state index in [2.05, 4.69) is 28.1 Å². The van der Waals surface area contributed by atoms with Gasteiger partial charge in [-0.3, -0.25) is 0 Å². The van der Waals surface area contributed by atoms with Crippen LogP contribution in [0.2, 0.25) is 0 Å². The summed E-state index contributed by atoms with van der Waals surface area (Å²) in [7, 11) is 0. The maximum Gasteiger partial charge on any atom is 0.142 e. The molecule has 1 aliphatic rings. The summed E-state index contributed by atoms with van der Waals surface area (Å²) in [5.74, 6) is 1.38. The molecular weight excluding hydrogens is 262 g/mol. The highest BCUT2D eigenvalue weighted by Crippen LogP contribution is 2.47. The summed E-state index contributed by atoms with van der Waals surface area (Å²) in [6, 6.07) is 2.21. The Hall–Kier alpha value is -1.07. The molecule has 0 amide bonds. The summed E-state index contributed by atoms with van der Waals surface area (Å²) in [6.07, 6.45) is 3.62. The van der Waals surface area contributed by atoms with Gasteiger partial charge >= 0.3 is 0 Å². The molecule has 1 fully saturated rings. The molecule has 0 atom stereocenters. The summed E-state index contributed by atoms with van der Waals surface area (Å²) >= 11 is 3.32. The number of hydrogen-bond donors (Lipinski definition) is 2. The van der Waals surface area contributed by atoms with Gasteiger partial charge in [0.05, 0.1) is 6.54 Å². The normalized spacial score (nSPS) is 14.9. The van der Waals surface area contributed by atoms with E-state index in [0.29, 0.717) is 5.92 Å². The van der Waals surface area contributed by atoms with E-state index in [-0.39, 0.29) is 0 Å². The smallest absolute Gasteiger partial charge is 0.142 e. The van der Waals surface area contributed by atoms with E-state index in [1.807, 2.05) is 11.3 Å². The number of aromatic nitrogens is 1. The lowest BCUT2D eigenvalue weighted by atomic mass is 10.2. The van der Waals surface area contributed by atoms with Crippen molar-refractivity contribution in [3.8, 4) is 0 Å². The fourth-order valence-electron chi connectivity index (χ4n) is 2.20. The van der Waals surface area contributed by atoms with Crippen molar-refractivity contribution in [2.75, 3.05) is 11.1 Å². The molecule has 0 aliphatic heterocycles. The lowest BCUT2D eigenvalue weighted by molar-refractivity contribution is 1.07. The molecule has 0 spiro atoms. The van der Waals surface area contributed by atoms with Crippen LogP contribution in [-0.2, 0) is 13.0 Å². The van der Waals surface area contributed by atoms with Crippen LogP contribution in [0.4, 0.5) is 10.8 Å². The summed E-state index contributed by atoms with van der Waals surface area (Å²) in [4.78, 5) is 1.42. The van der Waals surface area contributed by atoms with Crippen molar-refractivity contribution in [3.05, 3.63) is 27.5 Å². The second-order valence-corrected chi connectivity index (χ2v) is 6.44.